The van der Waals surface area contributed by atoms with Crippen LogP contribution in [0.3, 0.4) is 0 Å². The third-order valence-corrected chi connectivity index (χ3v) is 6.60. The Hall–Kier alpha value is -2.83. The smallest absolute Gasteiger partial charge is 0.263 e. The molecule has 0 aliphatic rings. The largest absolute Gasteiger partial charge is 0.322 e. The van der Waals surface area contributed by atoms with Gasteiger partial charge in [-0.3, -0.25) is 9.52 Å². The van der Waals surface area contributed by atoms with Gasteiger partial charge in [0.1, 0.15) is 4.90 Å². The van der Waals surface area contributed by atoms with Crippen LogP contribution in [0, 0.1) is 13.8 Å². The van der Waals surface area contributed by atoms with Crippen molar-refractivity contribution in [1.29, 1.82) is 0 Å². The predicted octanol–water partition coefficient (Wildman–Crippen LogP) is 5.57. The summed E-state index contributed by atoms with van der Waals surface area (Å²) >= 11 is 6.17. The summed E-state index contributed by atoms with van der Waals surface area (Å²) in [5.41, 5.74) is 4.16. The number of sulfonamides is 1. The fourth-order valence-electron chi connectivity index (χ4n) is 3.12. The SMILES string of the molecule is CCc1ccccc1NC(=O)c1ccc(Cl)c(S(=O)(=O)Nc2ccc(C)cc2C)c1. The highest BCUT2D eigenvalue weighted by atomic mass is 35.5. The molecule has 0 heterocycles. The van der Waals surface area contributed by atoms with Crippen LogP contribution >= 0.6 is 11.6 Å². The van der Waals surface area contributed by atoms with E-state index in [0.29, 0.717) is 11.4 Å². The molecule has 0 atom stereocenters. The van der Waals surface area contributed by atoms with Crippen molar-refractivity contribution >= 4 is 38.9 Å². The highest BCUT2D eigenvalue weighted by molar-refractivity contribution is 7.92. The Bertz CT molecular complexity index is 1210. The molecule has 0 aliphatic heterocycles. The minimum Gasteiger partial charge on any atom is -0.322 e. The van der Waals surface area contributed by atoms with E-state index in [9.17, 15) is 13.2 Å². The summed E-state index contributed by atoms with van der Waals surface area (Å²) in [6.45, 7) is 5.75. The number of amides is 1. The van der Waals surface area contributed by atoms with E-state index in [0.717, 1.165) is 23.1 Å². The number of aryl methyl sites for hydroxylation is 3. The van der Waals surface area contributed by atoms with Gasteiger partial charge in [-0.05, 0) is 61.7 Å². The van der Waals surface area contributed by atoms with Gasteiger partial charge in [0.15, 0.2) is 0 Å². The number of carbonyl (C=O) groups excluding carboxylic acids is 1. The van der Waals surface area contributed by atoms with E-state index in [2.05, 4.69) is 10.0 Å². The van der Waals surface area contributed by atoms with Gasteiger partial charge in [0.05, 0.1) is 10.7 Å². The Balaban J connectivity index is 1.91. The lowest BCUT2D eigenvalue weighted by atomic mass is 10.1. The number of anilines is 2. The van der Waals surface area contributed by atoms with Gasteiger partial charge in [0.2, 0.25) is 0 Å². The topological polar surface area (TPSA) is 75.3 Å². The molecule has 0 fully saturated rings. The number of benzene rings is 3. The lowest BCUT2D eigenvalue weighted by Gasteiger charge is -2.14. The minimum atomic E-state index is -3.98. The molecule has 156 valence electrons. The molecular formula is C23H23ClN2O3S. The molecule has 0 saturated carbocycles. The van der Waals surface area contributed by atoms with Crippen LogP contribution in [-0.4, -0.2) is 14.3 Å². The Morgan fingerprint density at radius 3 is 2.40 bits per heavy atom. The van der Waals surface area contributed by atoms with E-state index in [1.807, 2.05) is 57.2 Å². The van der Waals surface area contributed by atoms with Crippen LogP contribution in [0.1, 0.15) is 34.0 Å². The third-order valence-electron chi connectivity index (χ3n) is 4.76. The van der Waals surface area contributed by atoms with Crippen LogP contribution < -0.4 is 10.0 Å². The van der Waals surface area contributed by atoms with Crippen LogP contribution in [-0.2, 0) is 16.4 Å². The zero-order valence-electron chi connectivity index (χ0n) is 17.0. The number of para-hydroxylation sites is 1. The van der Waals surface area contributed by atoms with Crippen molar-refractivity contribution in [3.63, 3.8) is 0 Å². The number of nitrogens with one attached hydrogen (secondary N) is 2. The molecular weight excluding hydrogens is 420 g/mol. The molecule has 0 unspecified atom stereocenters. The molecule has 7 heteroatoms. The van der Waals surface area contributed by atoms with E-state index in [-0.39, 0.29) is 15.5 Å². The van der Waals surface area contributed by atoms with Crippen molar-refractivity contribution in [3.8, 4) is 0 Å². The standard InChI is InChI=1S/C23H23ClN2O3S/c1-4-17-7-5-6-8-21(17)25-23(27)18-10-11-19(24)22(14-18)30(28,29)26-20-12-9-15(2)13-16(20)3/h5-14,26H,4H2,1-3H3,(H,25,27). The van der Waals surface area contributed by atoms with Gasteiger partial charge in [-0.2, -0.15) is 0 Å². The summed E-state index contributed by atoms with van der Waals surface area (Å²) in [4.78, 5) is 12.6. The van der Waals surface area contributed by atoms with Gasteiger partial charge < -0.3 is 5.32 Å². The van der Waals surface area contributed by atoms with Crippen molar-refractivity contribution < 1.29 is 13.2 Å². The molecule has 5 nitrogen and oxygen atoms in total. The first-order valence-electron chi connectivity index (χ1n) is 9.50. The quantitative estimate of drug-likeness (QED) is 0.523. The van der Waals surface area contributed by atoms with Gasteiger partial charge >= 0.3 is 0 Å². The van der Waals surface area contributed by atoms with E-state index >= 15 is 0 Å². The maximum atomic E-state index is 13.0. The Morgan fingerprint density at radius 2 is 1.70 bits per heavy atom. The Labute approximate surface area is 182 Å². The first-order valence-corrected chi connectivity index (χ1v) is 11.4. The second-order valence-corrected chi connectivity index (χ2v) is 9.09. The number of carbonyl (C=O) groups is 1. The van der Waals surface area contributed by atoms with Crippen molar-refractivity contribution in [2.45, 2.75) is 32.1 Å². The van der Waals surface area contributed by atoms with E-state index in [1.54, 1.807) is 6.07 Å². The minimum absolute atomic E-state index is 0.0396. The van der Waals surface area contributed by atoms with Gasteiger partial charge in [-0.15, -0.1) is 0 Å². The average Bonchev–Trinajstić information content (AvgIpc) is 2.70. The molecule has 1 amide bonds. The highest BCUT2D eigenvalue weighted by Crippen LogP contribution is 2.27. The van der Waals surface area contributed by atoms with Crippen LogP contribution in [0.5, 0.6) is 0 Å². The summed E-state index contributed by atoms with van der Waals surface area (Å²) in [6, 6.07) is 17.1. The second-order valence-electron chi connectivity index (χ2n) is 7.03. The predicted molar refractivity (Wildman–Crippen MR) is 122 cm³/mol. The zero-order valence-corrected chi connectivity index (χ0v) is 18.6. The molecule has 0 spiro atoms. The summed E-state index contributed by atoms with van der Waals surface area (Å²) in [5, 5.41) is 2.88. The lowest BCUT2D eigenvalue weighted by molar-refractivity contribution is 0.102. The number of rotatable bonds is 6. The molecule has 0 saturated heterocycles. The highest BCUT2D eigenvalue weighted by Gasteiger charge is 2.21. The maximum absolute atomic E-state index is 13.0. The van der Waals surface area contributed by atoms with Crippen LogP contribution in [0.25, 0.3) is 0 Å². The number of hydrogen-bond donors (Lipinski definition) is 2. The Morgan fingerprint density at radius 1 is 0.967 bits per heavy atom. The summed E-state index contributed by atoms with van der Waals surface area (Å²) < 4.78 is 28.5. The fraction of sp³-hybridized carbons (Fsp3) is 0.174. The van der Waals surface area contributed by atoms with Gasteiger partial charge in [0, 0.05) is 11.3 Å². The van der Waals surface area contributed by atoms with Crippen molar-refractivity contribution in [1.82, 2.24) is 0 Å². The fourth-order valence-corrected chi connectivity index (χ4v) is 4.78. The van der Waals surface area contributed by atoms with E-state index < -0.39 is 15.9 Å². The third kappa shape index (κ3) is 4.83. The number of halogens is 1. The first-order chi connectivity index (χ1) is 14.2. The summed E-state index contributed by atoms with van der Waals surface area (Å²) in [5.74, 6) is -0.407. The van der Waals surface area contributed by atoms with Crippen molar-refractivity contribution in [3.05, 3.63) is 87.9 Å². The van der Waals surface area contributed by atoms with Crippen LogP contribution in [0.2, 0.25) is 5.02 Å². The lowest BCUT2D eigenvalue weighted by Crippen LogP contribution is -2.17. The summed E-state index contributed by atoms with van der Waals surface area (Å²) in [6.07, 6.45) is 0.760. The first kappa shape index (κ1) is 21.9. The summed E-state index contributed by atoms with van der Waals surface area (Å²) in [7, 11) is -3.98. The molecule has 0 aromatic heterocycles. The molecule has 3 rings (SSSR count). The molecule has 30 heavy (non-hydrogen) atoms. The van der Waals surface area contributed by atoms with Crippen molar-refractivity contribution in [2.24, 2.45) is 0 Å². The van der Waals surface area contributed by atoms with Gasteiger partial charge in [-0.1, -0.05) is 54.4 Å². The maximum Gasteiger partial charge on any atom is 0.263 e. The molecule has 2 N–H and O–H groups in total. The molecule has 0 aliphatic carbocycles. The van der Waals surface area contributed by atoms with Crippen LogP contribution in [0.15, 0.2) is 65.6 Å². The van der Waals surface area contributed by atoms with Gasteiger partial charge in [-0.25, -0.2) is 8.42 Å². The molecule has 3 aromatic carbocycles. The average molecular weight is 443 g/mol. The van der Waals surface area contributed by atoms with E-state index in [1.165, 1.54) is 18.2 Å². The monoisotopic (exact) mass is 442 g/mol. The number of hydrogen-bond acceptors (Lipinski definition) is 3. The van der Waals surface area contributed by atoms with Crippen LogP contribution in [0.4, 0.5) is 11.4 Å². The molecule has 3 aromatic rings. The Kier molecular flexibility index (Phi) is 6.48. The molecule has 0 radical (unpaired) electrons. The normalized spacial score (nSPS) is 11.2. The van der Waals surface area contributed by atoms with E-state index in [4.69, 9.17) is 11.6 Å². The van der Waals surface area contributed by atoms with Gasteiger partial charge in [0.25, 0.3) is 15.9 Å². The second kappa shape index (κ2) is 8.90. The zero-order chi connectivity index (χ0) is 21.9. The molecule has 0 bridgehead atoms. The van der Waals surface area contributed by atoms with Crippen molar-refractivity contribution in [2.75, 3.05) is 10.0 Å².